The number of hydrogen-bond acceptors (Lipinski definition) is 4. The van der Waals surface area contributed by atoms with Crippen molar-refractivity contribution in [1.29, 1.82) is 0 Å². The second-order valence-corrected chi connectivity index (χ2v) is 8.43. The van der Waals surface area contributed by atoms with Gasteiger partial charge in [0, 0.05) is 37.6 Å². The molecule has 0 saturated carbocycles. The van der Waals surface area contributed by atoms with Crippen molar-refractivity contribution in [2.75, 3.05) is 23.7 Å². The molecule has 3 aromatic carbocycles. The van der Waals surface area contributed by atoms with Gasteiger partial charge in [-0.05, 0) is 54.1 Å². The van der Waals surface area contributed by atoms with Gasteiger partial charge in [-0.2, -0.15) is 0 Å². The number of rotatable bonds is 7. The number of anilines is 2. The van der Waals surface area contributed by atoms with E-state index in [1.54, 1.807) is 42.5 Å². The molecule has 0 radical (unpaired) electrons. The van der Waals surface area contributed by atoms with Crippen molar-refractivity contribution in [3.8, 4) is 0 Å². The fourth-order valence-corrected chi connectivity index (χ4v) is 3.81. The van der Waals surface area contributed by atoms with Crippen molar-refractivity contribution in [3.05, 3.63) is 90.0 Å². The van der Waals surface area contributed by atoms with Crippen LogP contribution in [0, 0.1) is 0 Å². The highest BCUT2D eigenvalue weighted by Crippen LogP contribution is 2.17. The number of hydrogen-bond donors (Lipinski definition) is 2. The molecular formula is C22H23N3O3S. The number of amides is 1. The van der Waals surface area contributed by atoms with Crippen LogP contribution in [0.4, 0.5) is 11.4 Å². The van der Waals surface area contributed by atoms with Crippen molar-refractivity contribution in [2.45, 2.75) is 11.4 Å². The second kappa shape index (κ2) is 8.79. The predicted molar refractivity (Wildman–Crippen MR) is 116 cm³/mol. The standard InChI is InChI=1S/C22H23N3O3S/c1-25(2)20-8-6-7-17(15-20)16-23-22(26)18-11-13-19(14-12-18)24-29(27,28)21-9-4-3-5-10-21/h3-15,24H,16H2,1-2H3,(H,23,26). The van der Waals surface area contributed by atoms with E-state index in [9.17, 15) is 13.2 Å². The van der Waals surface area contributed by atoms with Crippen molar-refractivity contribution in [3.63, 3.8) is 0 Å². The topological polar surface area (TPSA) is 78.5 Å². The highest BCUT2D eigenvalue weighted by atomic mass is 32.2. The van der Waals surface area contributed by atoms with Gasteiger partial charge in [-0.15, -0.1) is 0 Å². The Morgan fingerprint density at radius 3 is 2.24 bits per heavy atom. The zero-order valence-corrected chi connectivity index (χ0v) is 17.1. The summed E-state index contributed by atoms with van der Waals surface area (Å²) < 4.78 is 27.2. The molecule has 3 rings (SSSR count). The summed E-state index contributed by atoms with van der Waals surface area (Å²) in [5.41, 5.74) is 2.91. The predicted octanol–water partition coefficient (Wildman–Crippen LogP) is 3.48. The van der Waals surface area contributed by atoms with Crippen LogP contribution >= 0.6 is 0 Å². The normalized spacial score (nSPS) is 11.0. The average Bonchev–Trinajstić information content (AvgIpc) is 2.73. The minimum atomic E-state index is -3.66. The van der Waals surface area contributed by atoms with E-state index in [1.165, 1.54) is 12.1 Å². The number of carbonyl (C=O) groups excluding carboxylic acids is 1. The van der Waals surface area contributed by atoms with Crippen molar-refractivity contribution >= 4 is 27.3 Å². The summed E-state index contributed by atoms with van der Waals surface area (Å²) in [5.74, 6) is -0.224. The van der Waals surface area contributed by atoms with Crippen LogP contribution in [0.25, 0.3) is 0 Å². The molecule has 0 aliphatic rings. The third kappa shape index (κ3) is 5.36. The summed E-state index contributed by atoms with van der Waals surface area (Å²) in [6.07, 6.45) is 0. The molecule has 0 spiro atoms. The van der Waals surface area contributed by atoms with Gasteiger partial charge in [-0.25, -0.2) is 8.42 Å². The summed E-state index contributed by atoms with van der Waals surface area (Å²) in [6.45, 7) is 0.406. The molecule has 0 aromatic heterocycles. The minimum absolute atomic E-state index is 0.182. The third-order valence-electron chi connectivity index (χ3n) is 4.33. The van der Waals surface area contributed by atoms with E-state index in [-0.39, 0.29) is 10.8 Å². The van der Waals surface area contributed by atoms with Crippen molar-refractivity contribution in [2.24, 2.45) is 0 Å². The van der Waals surface area contributed by atoms with Crippen LogP contribution in [-0.2, 0) is 16.6 Å². The molecule has 0 saturated heterocycles. The number of nitrogens with zero attached hydrogens (tertiary/aromatic N) is 1. The maximum Gasteiger partial charge on any atom is 0.261 e. The molecule has 2 N–H and O–H groups in total. The van der Waals surface area contributed by atoms with Gasteiger partial charge in [-0.1, -0.05) is 30.3 Å². The highest BCUT2D eigenvalue weighted by molar-refractivity contribution is 7.92. The SMILES string of the molecule is CN(C)c1cccc(CNC(=O)c2ccc(NS(=O)(=O)c3ccccc3)cc2)c1. The molecule has 0 heterocycles. The molecule has 150 valence electrons. The number of nitrogens with one attached hydrogen (secondary N) is 2. The van der Waals surface area contributed by atoms with Gasteiger partial charge >= 0.3 is 0 Å². The van der Waals surface area contributed by atoms with E-state index in [4.69, 9.17) is 0 Å². The van der Waals surface area contributed by atoms with Gasteiger partial charge in [0.2, 0.25) is 0 Å². The summed E-state index contributed by atoms with van der Waals surface area (Å²) in [5, 5.41) is 2.88. The Labute approximate surface area is 171 Å². The number of sulfonamides is 1. The first-order chi connectivity index (χ1) is 13.8. The van der Waals surface area contributed by atoms with Crippen molar-refractivity contribution in [1.82, 2.24) is 5.32 Å². The number of carbonyl (C=O) groups is 1. The van der Waals surface area contributed by atoms with Gasteiger partial charge in [0.15, 0.2) is 0 Å². The summed E-state index contributed by atoms with van der Waals surface area (Å²) in [6, 6.07) is 22.4. The fourth-order valence-electron chi connectivity index (χ4n) is 2.73. The second-order valence-electron chi connectivity index (χ2n) is 6.74. The van der Waals surface area contributed by atoms with Crippen LogP contribution < -0.4 is 14.9 Å². The molecule has 0 bridgehead atoms. The molecule has 0 atom stereocenters. The van der Waals surface area contributed by atoms with Gasteiger partial charge in [-0.3, -0.25) is 9.52 Å². The molecule has 0 fully saturated rings. The van der Waals surface area contributed by atoms with Crippen LogP contribution in [0.2, 0.25) is 0 Å². The van der Waals surface area contributed by atoms with Crippen LogP contribution in [0.5, 0.6) is 0 Å². The monoisotopic (exact) mass is 409 g/mol. The van der Waals surface area contributed by atoms with Crippen LogP contribution in [-0.4, -0.2) is 28.4 Å². The Bertz CT molecular complexity index is 1080. The Morgan fingerprint density at radius 2 is 1.59 bits per heavy atom. The third-order valence-corrected chi connectivity index (χ3v) is 5.73. The van der Waals surface area contributed by atoms with E-state index >= 15 is 0 Å². The maximum atomic E-state index is 12.4. The molecule has 1 amide bonds. The Kier molecular flexibility index (Phi) is 6.19. The van der Waals surface area contributed by atoms with Crippen LogP contribution in [0.3, 0.4) is 0 Å². The first kappa shape index (κ1) is 20.4. The Balaban J connectivity index is 1.62. The molecule has 6 nitrogen and oxygen atoms in total. The zero-order valence-electron chi connectivity index (χ0n) is 16.3. The summed E-state index contributed by atoms with van der Waals surface area (Å²) in [7, 11) is 0.269. The molecule has 0 aliphatic heterocycles. The molecule has 3 aromatic rings. The van der Waals surface area contributed by atoms with E-state index in [2.05, 4.69) is 10.0 Å². The zero-order chi connectivity index (χ0) is 20.9. The maximum absolute atomic E-state index is 12.4. The van der Waals surface area contributed by atoms with E-state index in [0.717, 1.165) is 11.3 Å². The smallest absolute Gasteiger partial charge is 0.261 e. The summed E-state index contributed by atoms with van der Waals surface area (Å²) >= 11 is 0. The summed E-state index contributed by atoms with van der Waals surface area (Å²) in [4.78, 5) is 14.6. The lowest BCUT2D eigenvalue weighted by Crippen LogP contribution is -2.23. The van der Waals surface area contributed by atoms with Crippen molar-refractivity contribution < 1.29 is 13.2 Å². The molecule has 0 unspecified atom stereocenters. The molecule has 29 heavy (non-hydrogen) atoms. The van der Waals surface area contributed by atoms with Gasteiger partial charge in [0.05, 0.1) is 4.90 Å². The first-order valence-electron chi connectivity index (χ1n) is 9.07. The minimum Gasteiger partial charge on any atom is -0.378 e. The molecular weight excluding hydrogens is 386 g/mol. The Morgan fingerprint density at radius 1 is 0.897 bits per heavy atom. The van der Waals surface area contributed by atoms with Crippen LogP contribution in [0.15, 0.2) is 83.8 Å². The highest BCUT2D eigenvalue weighted by Gasteiger charge is 2.14. The van der Waals surface area contributed by atoms with Gasteiger partial charge < -0.3 is 10.2 Å². The number of benzene rings is 3. The largest absolute Gasteiger partial charge is 0.378 e. The lowest BCUT2D eigenvalue weighted by molar-refractivity contribution is 0.0951. The van der Waals surface area contributed by atoms with Crippen LogP contribution in [0.1, 0.15) is 15.9 Å². The quantitative estimate of drug-likeness (QED) is 0.626. The molecule has 0 aliphatic carbocycles. The average molecular weight is 410 g/mol. The van der Waals surface area contributed by atoms with E-state index < -0.39 is 10.0 Å². The molecule has 7 heteroatoms. The Hall–Kier alpha value is -3.32. The fraction of sp³-hybridized carbons (Fsp3) is 0.136. The van der Waals surface area contributed by atoms with Gasteiger partial charge in [0.25, 0.3) is 15.9 Å². The van der Waals surface area contributed by atoms with E-state index in [0.29, 0.717) is 17.8 Å². The lowest BCUT2D eigenvalue weighted by Gasteiger charge is -2.14. The first-order valence-corrected chi connectivity index (χ1v) is 10.6. The van der Waals surface area contributed by atoms with E-state index in [1.807, 2.05) is 43.3 Å². The van der Waals surface area contributed by atoms with Gasteiger partial charge in [0.1, 0.15) is 0 Å². The lowest BCUT2D eigenvalue weighted by atomic mass is 10.1.